The van der Waals surface area contributed by atoms with Crippen LogP contribution in [0.1, 0.15) is 30.8 Å². The molecule has 0 aliphatic rings. The van der Waals surface area contributed by atoms with Crippen LogP contribution in [0.3, 0.4) is 0 Å². The Kier molecular flexibility index (Phi) is 6.31. The Labute approximate surface area is 140 Å². The predicted molar refractivity (Wildman–Crippen MR) is 86.0 cm³/mol. The highest BCUT2D eigenvalue weighted by atomic mass is 16.5. The Morgan fingerprint density at radius 2 is 1.42 bits per heavy atom. The van der Waals surface area contributed by atoms with Crippen LogP contribution in [-0.4, -0.2) is 16.9 Å². The van der Waals surface area contributed by atoms with Crippen molar-refractivity contribution < 1.29 is 23.8 Å². The minimum Gasteiger partial charge on any atom is -0.489 e. The van der Waals surface area contributed by atoms with E-state index < -0.39 is 11.9 Å². The number of hydrogen-bond donors (Lipinski definition) is 0. The summed E-state index contributed by atoms with van der Waals surface area (Å²) < 4.78 is 15.7. The fourth-order valence-corrected chi connectivity index (χ4v) is 1.94. The second-order valence-corrected chi connectivity index (χ2v) is 5.12. The topological polar surface area (TPSA) is 74.7 Å². The van der Waals surface area contributed by atoms with Crippen LogP contribution in [0.4, 0.5) is 0 Å². The van der Waals surface area contributed by atoms with Gasteiger partial charge in [0.2, 0.25) is 0 Å². The molecule has 0 fully saturated rings. The molecule has 0 aliphatic heterocycles. The number of rotatable bonds is 7. The Morgan fingerprint density at radius 3 is 1.92 bits per heavy atom. The lowest BCUT2D eigenvalue weighted by molar-refractivity contribution is -0.142. The monoisotopic (exact) mass is 329 g/mol. The van der Waals surface area contributed by atoms with E-state index in [1.807, 2.05) is 30.3 Å². The molecule has 0 atom stereocenters. The van der Waals surface area contributed by atoms with E-state index in [0.717, 1.165) is 5.56 Å². The molecule has 1 heterocycles. The molecule has 6 nitrogen and oxygen atoms in total. The zero-order chi connectivity index (χ0) is 17.4. The summed E-state index contributed by atoms with van der Waals surface area (Å²) in [5, 5.41) is 0. The van der Waals surface area contributed by atoms with Crippen LogP contribution < -0.4 is 4.74 Å². The first-order chi connectivity index (χ1) is 11.5. The van der Waals surface area contributed by atoms with Crippen molar-refractivity contribution in [2.75, 3.05) is 0 Å². The standard InChI is InChI=1S/C18H19NO5/c1-13(20)22-11-16-8-18(9-17(19-16)12-23-14(2)21)24-10-15-6-4-3-5-7-15/h3-9H,10-12H2,1-2H3. The lowest BCUT2D eigenvalue weighted by Crippen LogP contribution is -2.06. The summed E-state index contributed by atoms with van der Waals surface area (Å²) in [4.78, 5) is 26.2. The van der Waals surface area contributed by atoms with E-state index in [4.69, 9.17) is 14.2 Å². The van der Waals surface area contributed by atoms with Crippen molar-refractivity contribution in [2.45, 2.75) is 33.7 Å². The van der Waals surface area contributed by atoms with E-state index in [0.29, 0.717) is 23.7 Å². The molecule has 24 heavy (non-hydrogen) atoms. The summed E-state index contributed by atoms with van der Waals surface area (Å²) in [6.45, 7) is 3.12. The molecule has 0 bridgehead atoms. The second kappa shape index (κ2) is 8.67. The summed E-state index contributed by atoms with van der Waals surface area (Å²) in [6.07, 6.45) is 0. The number of carbonyl (C=O) groups is 2. The van der Waals surface area contributed by atoms with Crippen LogP contribution in [0.15, 0.2) is 42.5 Å². The van der Waals surface area contributed by atoms with Gasteiger partial charge in [0.15, 0.2) is 0 Å². The zero-order valence-electron chi connectivity index (χ0n) is 13.7. The van der Waals surface area contributed by atoms with Gasteiger partial charge in [0.05, 0.1) is 11.4 Å². The summed E-state index contributed by atoms with van der Waals surface area (Å²) in [6, 6.07) is 13.1. The molecular formula is C18H19NO5. The molecule has 0 spiro atoms. The number of aromatic nitrogens is 1. The fourth-order valence-electron chi connectivity index (χ4n) is 1.94. The first-order valence-corrected chi connectivity index (χ1v) is 7.46. The van der Waals surface area contributed by atoms with Crippen molar-refractivity contribution in [2.24, 2.45) is 0 Å². The van der Waals surface area contributed by atoms with E-state index >= 15 is 0 Å². The SMILES string of the molecule is CC(=O)OCc1cc(OCc2ccccc2)cc(COC(C)=O)n1. The van der Waals surface area contributed by atoms with Gasteiger partial charge in [0.25, 0.3) is 0 Å². The van der Waals surface area contributed by atoms with Gasteiger partial charge in [0.1, 0.15) is 25.6 Å². The average molecular weight is 329 g/mol. The van der Waals surface area contributed by atoms with Crippen LogP contribution in [0, 0.1) is 0 Å². The largest absolute Gasteiger partial charge is 0.489 e. The molecule has 0 saturated carbocycles. The van der Waals surface area contributed by atoms with Crippen LogP contribution in [-0.2, 0) is 38.9 Å². The number of nitrogens with zero attached hydrogens (tertiary/aromatic N) is 1. The minimum absolute atomic E-state index is 0.0327. The van der Waals surface area contributed by atoms with E-state index in [-0.39, 0.29) is 13.2 Å². The van der Waals surface area contributed by atoms with Crippen molar-refractivity contribution in [3.8, 4) is 5.75 Å². The van der Waals surface area contributed by atoms with E-state index in [1.165, 1.54) is 13.8 Å². The van der Waals surface area contributed by atoms with Crippen molar-refractivity contribution >= 4 is 11.9 Å². The second-order valence-electron chi connectivity index (χ2n) is 5.12. The van der Waals surface area contributed by atoms with Crippen LogP contribution in [0.2, 0.25) is 0 Å². The number of ether oxygens (including phenoxy) is 3. The molecular weight excluding hydrogens is 310 g/mol. The van der Waals surface area contributed by atoms with Gasteiger partial charge in [0, 0.05) is 26.0 Å². The maximum atomic E-state index is 11.0. The summed E-state index contributed by atoms with van der Waals surface area (Å²) in [5.41, 5.74) is 2.08. The minimum atomic E-state index is -0.394. The van der Waals surface area contributed by atoms with Gasteiger partial charge in [-0.2, -0.15) is 0 Å². The van der Waals surface area contributed by atoms with Gasteiger partial charge in [-0.1, -0.05) is 30.3 Å². The third-order valence-corrected chi connectivity index (χ3v) is 3.00. The molecule has 2 aromatic rings. The summed E-state index contributed by atoms with van der Waals surface area (Å²) in [7, 11) is 0. The normalized spacial score (nSPS) is 10.1. The molecule has 6 heteroatoms. The highest BCUT2D eigenvalue weighted by Crippen LogP contribution is 2.18. The number of carbonyl (C=O) groups excluding carboxylic acids is 2. The number of hydrogen-bond acceptors (Lipinski definition) is 6. The fraction of sp³-hybridized carbons (Fsp3) is 0.278. The number of pyridine rings is 1. The van der Waals surface area contributed by atoms with Crippen molar-refractivity contribution in [3.05, 3.63) is 59.4 Å². The maximum Gasteiger partial charge on any atom is 0.303 e. The highest BCUT2D eigenvalue weighted by molar-refractivity contribution is 5.66. The Bertz CT molecular complexity index is 664. The van der Waals surface area contributed by atoms with Gasteiger partial charge in [-0.3, -0.25) is 14.6 Å². The van der Waals surface area contributed by atoms with Crippen molar-refractivity contribution in [3.63, 3.8) is 0 Å². The number of benzene rings is 1. The van der Waals surface area contributed by atoms with Gasteiger partial charge < -0.3 is 14.2 Å². The van der Waals surface area contributed by atoms with Gasteiger partial charge in [-0.15, -0.1) is 0 Å². The lowest BCUT2D eigenvalue weighted by Gasteiger charge is -2.11. The van der Waals surface area contributed by atoms with E-state index in [9.17, 15) is 9.59 Å². The third kappa shape index (κ3) is 6.08. The smallest absolute Gasteiger partial charge is 0.303 e. The molecule has 2 rings (SSSR count). The predicted octanol–water partition coefficient (Wildman–Crippen LogP) is 2.79. The van der Waals surface area contributed by atoms with Gasteiger partial charge in [-0.25, -0.2) is 0 Å². The van der Waals surface area contributed by atoms with E-state index in [1.54, 1.807) is 12.1 Å². The molecule has 1 aromatic heterocycles. The van der Waals surface area contributed by atoms with Crippen molar-refractivity contribution in [1.29, 1.82) is 0 Å². The van der Waals surface area contributed by atoms with Crippen LogP contribution in [0.25, 0.3) is 0 Å². The Hall–Kier alpha value is -2.89. The molecule has 0 aliphatic carbocycles. The van der Waals surface area contributed by atoms with Crippen molar-refractivity contribution in [1.82, 2.24) is 4.98 Å². The first kappa shape index (κ1) is 17.5. The molecule has 1 aromatic carbocycles. The maximum absolute atomic E-state index is 11.0. The highest BCUT2D eigenvalue weighted by Gasteiger charge is 2.08. The number of esters is 2. The lowest BCUT2D eigenvalue weighted by atomic mass is 10.2. The third-order valence-electron chi connectivity index (χ3n) is 3.00. The Balaban J connectivity index is 2.11. The van der Waals surface area contributed by atoms with Gasteiger partial charge >= 0.3 is 11.9 Å². The van der Waals surface area contributed by atoms with Crippen LogP contribution in [0.5, 0.6) is 5.75 Å². The molecule has 0 unspecified atom stereocenters. The Morgan fingerprint density at radius 1 is 0.875 bits per heavy atom. The molecule has 126 valence electrons. The van der Waals surface area contributed by atoms with E-state index in [2.05, 4.69) is 4.98 Å². The molecule has 0 saturated heterocycles. The first-order valence-electron chi connectivity index (χ1n) is 7.46. The van der Waals surface area contributed by atoms with Crippen LogP contribution >= 0.6 is 0 Å². The summed E-state index contributed by atoms with van der Waals surface area (Å²) >= 11 is 0. The average Bonchev–Trinajstić information content (AvgIpc) is 2.57. The van der Waals surface area contributed by atoms with Gasteiger partial charge in [-0.05, 0) is 5.56 Å². The zero-order valence-corrected chi connectivity index (χ0v) is 13.7. The molecule has 0 radical (unpaired) electrons. The molecule has 0 N–H and O–H groups in total. The quantitative estimate of drug-likeness (QED) is 0.727. The summed E-state index contributed by atoms with van der Waals surface area (Å²) in [5.74, 6) is -0.221. The molecule has 0 amide bonds.